The molecule has 0 aromatic heterocycles. The fraction of sp³-hybridized carbons (Fsp3) is 0.176. The van der Waals surface area contributed by atoms with E-state index in [9.17, 15) is 18.4 Å². The Morgan fingerprint density at radius 3 is 2.44 bits per heavy atom. The minimum absolute atomic E-state index is 0.0637. The molecule has 0 unspecified atom stereocenters. The van der Waals surface area contributed by atoms with E-state index in [0.29, 0.717) is 5.69 Å². The van der Waals surface area contributed by atoms with Gasteiger partial charge in [-0.05, 0) is 23.8 Å². The van der Waals surface area contributed by atoms with E-state index in [1.54, 1.807) is 0 Å². The highest BCUT2D eigenvalue weighted by molar-refractivity contribution is 6.32. The van der Waals surface area contributed by atoms with Crippen LogP contribution in [-0.2, 0) is 16.0 Å². The number of anilines is 1. The lowest BCUT2D eigenvalue weighted by molar-refractivity contribution is -0.123. The first-order valence-electron chi connectivity index (χ1n) is 7.29. The molecule has 0 radical (unpaired) electrons. The van der Waals surface area contributed by atoms with Crippen LogP contribution in [0.5, 0.6) is 5.75 Å². The van der Waals surface area contributed by atoms with Gasteiger partial charge in [-0.25, -0.2) is 0 Å². The van der Waals surface area contributed by atoms with E-state index in [1.807, 2.05) is 30.3 Å². The fourth-order valence-electron chi connectivity index (χ4n) is 2.00. The first kappa shape index (κ1) is 18.7. The SMILES string of the molecule is O=C(Cc1ccccc1)NCC(=O)Nc1ccc(OC(F)F)c(Cl)c1. The maximum atomic E-state index is 12.2. The summed E-state index contributed by atoms with van der Waals surface area (Å²) in [6.45, 7) is -3.21. The molecule has 0 fully saturated rings. The fourth-order valence-corrected chi connectivity index (χ4v) is 2.22. The number of amides is 2. The lowest BCUT2D eigenvalue weighted by Gasteiger charge is -2.10. The van der Waals surface area contributed by atoms with Crippen molar-refractivity contribution >= 4 is 29.1 Å². The van der Waals surface area contributed by atoms with Gasteiger partial charge in [0.15, 0.2) is 0 Å². The molecule has 0 aliphatic rings. The predicted molar refractivity (Wildman–Crippen MR) is 89.9 cm³/mol. The number of ether oxygens (including phenoxy) is 1. The highest BCUT2D eigenvalue weighted by atomic mass is 35.5. The Labute approximate surface area is 147 Å². The smallest absolute Gasteiger partial charge is 0.387 e. The van der Waals surface area contributed by atoms with E-state index in [1.165, 1.54) is 18.2 Å². The zero-order valence-electron chi connectivity index (χ0n) is 13.0. The Morgan fingerprint density at radius 1 is 1.08 bits per heavy atom. The van der Waals surface area contributed by atoms with Gasteiger partial charge in [-0.1, -0.05) is 41.9 Å². The summed E-state index contributed by atoms with van der Waals surface area (Å²) in [7, 11) is 0. The molecular formula is C17H15ClF2N2O3. The quantitative estimate of drug-likeness (QED) is 0.788. The summed E-state index contributed by atoms with van der Waals surface area (Å²) in [6.07, 6.45) is 0.166. The minimum Gasteiger partial charge on any atom is -0.433 e. The third-order valence-electron chi connectivity index (χ3n) is 3.09. The van der Waals surface area contributed by atoms with Crippen LogP contribution in [-0.4, -0.2) is 25.0 Å². The van der Waals surface area contributed by atoms with Crippen LogP contribution in [0.15, 0.2) is 48.5 Å². The van der Waals surface area contributed by atoms with Crippen LogP contribution in [0.3, 0.4) is 0 Å². The van der Waals surface area contributed by atoms with Gasteiger partial charge >= 0.3 is 6.61 Å². The molecule has 2 rings (SSSR count). The van der Waals surface area contributed by atoms with Crippen LogP contribution in [0.4, 0.5) is 14.5 Å². The van der Waals surface area contributed by atoms with Crippen LogP contribution in [0, 0.1) is 0 Å². The number of hydrogen-bond acceptors (Lipinski definition) is 3. The summed E-state index contributed by atoms with van der Waals surface area (Å²) in [5.41, 5.74) is 1.13. The van der Waals surface area contributed by atoms with E-state index < -0.39 is 12.5 Å². The second-order valence-electron chi connectivity index (χ2n) is 5.01. The standard InChI is InChI=1S/C17H15ClF2N2O3/c18-13-9-12(6-7-14(13)25-17(19)20)22-16(24)10-21-15(23)8-11-4-2-1-3-5-11/h1-7,9,17H,8,10H2,(H,21,23)(H,22,24). The summed E-state index contributed by atoms with van der Waals surface area (Å²) in [5, 5.41) is 4.93. The summed E-state index contributed by atoms with van der Waals surface area (Å²) >= 11 is 5.80. The molecule has 2 aromatic rings. The van der Waals surface area contributed by atoms with Gasteiger partial charge in [0.2, 0.25) is 11.8 Å². The van der Waals surface area contributed by atoms with Crippen molar-refractivity contribution in [3.05, 3.63) is 59.1 Å². The topological polar surface area (TPSA) is 67.4 Å². The Balaban J connectivity index is 1.82. The molecular weight excluding hydrogens is 354 g/mol. The van der Waals surface area contributed by atoms with Gasteiger partial charge in [0.05, 0.1) is 18.0 Å². The summed E-state index contributed by atoms with van der Waals surface area (Å²) < 4.78 is 28.5. The van der Waals surface area contributed by atoms with Crippen LogP contribution in [0.25, 0.3) is 0 Å². The van der Waals surface area contributed by atoms with Crippen molar-refractivity contribution in [1.82, 2.24) is 5.32 Å². The Morgan fingerprint density at radius 2 is 1.80 bits per heavy atom. The van der Waals surface area contributed by atoms with E-state index in [0.717, 1.165) is 5.56 Å². The number of carbonyl (C=O) groups is 2. The largest absolute Gasteiger partial charge is 0.433 e. The zero-order chi connectivity index (χ0) is 18.2. The number of rotatable bonds is 7. The number of carbonyl (C=O) groups excluding carboxylic acids is 2. The second-order valence-corrected chi connectivity index (χ2v) is 5.42. The number of hydrogen-bond donors (Lipinski definition) is 2. The van der Waals surface area contributed by atoms with Crippen LogP contribution < -0.4 is 15.4 Å². The van der Waals surface area contributed by atoms with Crippen molar-refractivity contribution in [3.63, 3.8) is 0 Å². The monoisotopic (exact) mass is 368 g/mol. The minimum atomic E-state index is -2.99. The average Bonchev–Trinajstić information content (AvgIpc) is 2.56. The average molecular weight is 369 g/mol. The molecule has 25 heavy (non-hydrogen) atoms. The number of benzene rings is 2. The van der Waals surface area contributed by atoms with Crippen molar-refractivity contribution in [2.45, 2.75) is 13.0 Å². The maximum Gasteiger partial charge on any atom is 0.387 e. The van der Waals surface area contributed by atoms with Crippen LogP contribution in [0.2, 0.25) is 5.02 Å². The lowest BCUT2D eigenvalue weighted by atomic mass is 10.1. The van der Waals surface area contributed by atoms with Crippen molar-refractivity contribution in [3.8, 4) is 5.75 Å². The van der Waals surface area contributed by atoms with Crippen molar-refractivity contribution in [2.24, 2.45) is 0 Å². The third-order valence-corrected chi connectivity index (χ3v) is 3.38. The molecule has 0 spiro atoms. The molecule has 2 N–H and O–H groups in total. The van der Waals surface area contributed by atoms with E-state index in [-0.39, 0.29) is 29.6 Å². The first-order chi connectivity index (χ1) is 11.9. The zero-order valence-corrected chi connectivity index (χ0v) is 13.7. The van der Waals surface area contributed by atoms with Gasteiger partial charge in [-0.15, -0.1) is 0 Å². The number of nitrogens with one attached hydrogen (secondary N) is 2. The Hall–Kier alpha value is -2.67. The Kier molecular flexibility index (Phi) is 6.71. The predicted octanol–water partition coefficient (Wildman–Crippen LogP) is 3.24. The molecule has 0 bridgehead atoms. The lowest BCUT2D eigenvalue weighted by Crippen LogP contribution is -2.33. The van der Waals surface area contributed by atoms with Gasteiger partial charge in [0.1, 0.15) is 5.75 Å². The number of halogens is 3. The molecule has 0 aliphatic carbocycles. The molecule has 8 heteroatoms. The van der Waals surface area contributed by atoms with Gasteiger partial charge < -0.3 is 15.4 Å². The Bertz CT molecular complexity index is 742. The van der Waals surface area contributed by atoms with E-state index >= 15 is 0 Å². The van der Waals surface area contributed by atoms with Gasteiger partial charge in [0.25, 0.3) is 0 Å². The number of alkyl halides is 2. The van der Waals surface area contributed by atoms with Crippen molar-refractivity contribution in [1.29, 1.82) is 0 Å². The van der Waals surface area contributed by atoms with E-state index in [2.05, 4.69) is 15.4 Å². The molecule has 132 valence electrons. The van der Waals surface area contributed by atoms with Gasteiger partial charge in [-0.3, -0.25) is 9.59 Å². The molecule has 0 aliphatic heterocycles. The summed E-state index contributed by atoms with van der Waals surface area (Å²) in [6, 6.07) is 13.0. The maximum absolute atomic E-state index is 12.2. The third kappa shape index (κ3) is 6.39. The molecule has 0 atom stereocenters. The summed E-state index contributed by atoms with van der Waals surface area (Å²) in [4.78, 5) is 23.6. The highest BCUT2D eigenvalue weighted by Crippen LogP contribution is 2.28. The highest BCUT2D eigenvalue weighted by Gasteiger charge is 2.11. The van der Waals surface area contributed by atoms with Crippen LogP contribution >= 0.6 is 11.6 Å². The van der Waals surface area contributed by atoms with Gasteiger partial charge in [-0.2, -0.15) is 8.78 Å². The van der Waals surface area contributed by atoms with E-state index in [4.69, 9.17) is 11.6 Å². The molecule has 0 heterocycles. The molecule has 2 amide bonds. The van der Waals surface area contributed by atoms with Crippen molar-refractivity contribution < 1.29 is 23.1 Å². The first-order valence-corrected chi connectivity index (χ1v) is 7.66. The van der Waals surface area contributed by atoms with Crippen LogP contribution in [0.1, 0.15) is 5.56 Å². The molecule has 0 saturated carbocycles. The molecule has 5 nitrogen and oxygen atoms in total. The van der Waals surface area contributed by atoms with Gasteiger partial charge in [0, 0.05) is 5.69 Å². The summed E-state index contributed by atoms with van der Waals surface area (Å²) in [5.74, 6) is -0.953. The normalized spacial score (nSPS) is 10.4. The van der Waals surface area contributed by atoms with Crippen molar-refractivity contribution in [2.75, 3.05) is 11.9 Å². The second kappa shape index (κ2) is 8.98. The molecule has 0 saturated heterocycles. The molecule has 2 aromatic carbocycles.